The van der Waals surface area contributed by atoms with Gasteiger partial charge in [-0.3, -0.25) is 9.36 Å². The van der Waals surface area contributed by atoms with Gasteiger partial charge in [0.15, 0.2) is 5.82 Å². The van der Waals surface area contributed by atoms with Crippen LogP contribution in [0.1, 0.15) is 0 Å². The van der Waals surface area contributed by atoms with Crippen LogP contribution in [0.5, 0.6) is 0 Å². The molecule has 0 saturated carbocycles. The van der Waals surface area contributed by atoms with E-state index >= 15 is 0 Å². The molecule has 0 aliphatic heterocycles. The van der Waals surface area contributed by atoms with E-state index in [-0.39, 0.29) is 5.69 Å². The Labute approximate surface area is 92.1 Å². The lowest BCUT2D eigenvalue weighted by atomic mass is 10.3. The number of nitrogens with zero attached hydrogens (tertiary/aromatic N) is 2. The fourth-order valence-corrected chi connectivity index (χ4v) is 1.99. The molecule has 0 N–H and O–H groups in total. The van der Waals surface area contributed by atoms with E-state index in [0.717, 1.165) is 20.7 Å². The van der Waals surface area contributed by atoms with E-state index in [1.54, 1.807) is 0 Å². The summed E-state index contributed by atoms with van der Waals surface area (Å²) < 4.78 is 27.8. The van der Waals surface area contributed by atoms with Crippen LogP contribution in [0, 0.1) is 11.6 Å². The molecule has 0 amide bonds. The normalized spacial score (nSPS) is 10.7. The third kappa shape index (κ3) is 1.58. The van der Waals surface area contributed by atoms with Crippen molar-refractivity contribution in [2.75, 3.05) is 0 Å². The molecule has 0 atom stereocenters. The first-order valence-electron chi connectivity index (χ1n) is 4.25. The van der Waals surface area contributed by atoms with Gasteiger partial charge in [0.05, 0.1) is 5.69 Å². The van der Waals surface area contributed by atoms with E-state index in [1.165, 1.54) is 7.05 Å². The van der Waals surface area contributed by atoms with Crippen molar-refractivity contribution in [2.24, 2.45) is 7.05 Å². The van der Waals surface area contributed by atoms with Crippen molar-refractivity contribution in [3.63, 3.8) is 0 Å². The van der Waals surface area contributed by atoms with Gasteiger partial charge in [-0.25, -0.2) is 17.5 Å². The van der Waals surface area contributed by atoms with Crippen LogP contribution in [-0.2, 0) is 7.05 Å². The fourth-order valence-electron chi connectivity index (χ4n) is 1.19. The van der Waals surface area contributed by atoms with E-state index in [1.807, 2.05) is 0 Å². The zero-order chi connectivity index (χ0) is 11.9. The van der Waals surface area contributed by atoms with Crippen LogP contribution in [0.2, 0.25) is 0 Å². The molecule has 2 rings (SSSR count). The minimum atomic E-state index is -0.885. The first-order chi connectivity index (χ1) is 7.50. The van der Waals surface area contributed by atoms with E-state index < -0.39 is 22.2 Å². The topological polar surface area (TPSA) is 44.0 Å². The number of hydrogen-bond acceptors (Lipinski definition) is 3. The van der Waals surface area contributed by atoms with Gasteiger partial charge in [0.25, 0.3) is 0 Å². The zero-order valence-electron chi connectivity index (χ0n) is 8.11. The van der Waals surface area contributed by atoms with Crippen molar-refractivity contribution < 1.29 is 8.78 Å². The van der Waals surface area contributed by atoms with Crippen LogP contribution in [-0.4, -0.2) is 8.52 Å². The van der Waals surface area contributed by atoms with E-state index in [4.69, 9.17) is 0 Å². The van der Waals surface area contributed by atoms with Crippen molar-refractivity contribution in [2.45, 2.75) is 0 Å². The minimum Gasteiger partial charge on any atom is -0.255 e. The molecule has 0 fully saturated rings. The number of halogens is 2. The molecule has 4 nitrogen and oxygen atoms in total. The third-order valence-corrected chi connectivity index (χ3v) is 3.00. The Morgan fingerprint density at radius 3 is 2.44 bits per heavy atom. The molecule has 7 heteroatoms. The molecule has 0 radical (unpaired) electrons. The molecular formula is C9H6F2N2O2S. The van der Waals surface area contributed by atoms with Crippen molar-refractivity contribution in [1.29, 1.82) is 0 Å². The van der Waals surface area contributed by atoms with Gasteiger partial charge >= 0.3 is 10.6 Å². The Balaban J connectivity index is 2.73. The van der Waals surface area contributed by atoms with Crippen LogP contribution in [0.4, 0.5) is 8.78 Å². The highest BCUT2D eigenvalue weighted by atomic mass is 32.1. The van der Waals surface area contributed by atoms with Crippen LogP contribution in [0.3, 0.4) is 0 Å². The summed E-state index contributed by atoms with van der Waals surface area (Å²) in [6, 6.07) is 2.79. The lowest BCUT2D eigenvalue weighted by Crippen LogP contribution is -2.25. The molecule has 0 bridgehead atoms. The highest BCUT2D eigenvalue weighted by Gasteiger charge is 2.12. The summed E-state index contributed by atoms with van der Waals surface area (Å²) >= 11 is 0.563. The molecule has 0 aliphatic rings. The van der Waals surface area contributed by atoms with Crippen molar-refractivity contribution in [1.82, 2.24) is 8.52 Å². The Hall–Kier alpha value is -1.76. The van der Waals surface area contributed by atoms with Gasteiger partial charge in [0, 0.05) is 24.6 Å². The fraction of sp³-hybridized carbons (Fsp3) is 0.111. The van der Waals surface area contributed by atoms with Gasteiger partial charge in [-0.05, 0) is 12.1 Å². The maximum absolute atomic E-state index is 13.4. The second kappa shape index (κ2) is 3.67. The van der Waals surface area contributed by atoms with Crippen LogP contribution in [0.25, 0.3) is 5.69 Å². The summed E-state index contributed by atoms with van der Waals surface area (Å²) in [6.07, 6.45) is 0. The van der Waals surface area contributed by atoms with E-state index in [2.05, 4.69) is 0 Å². The maximum Gasteiger partial charge on any atom is 0.345 e. The Morgan fingerprint density at radius 1 is 1.25 bits per heavy atom. The molecule has 1 heterocycles. The Morgan fingerprint density at radius 2 is 1.94 bits per heavy atom. The van der Waals surface area contributed by atoms with Crippen LogP contribution < -0.4 is 10.6 Å². The average Bonchev–Trinajstić information content (AvgIpc) is 2.46. The predicted octanol–water partition coefficient (Wildman–Crippen LogP) is 0.876. The summed E-state index contributed by atoms with van der Waals surface area (Å²) in [5, 5.41) is 0. The van der Waals surface area contributed by atoms with Gasteiger partial charge in [-0.1, -0.05) is 0 Å². The third-order valence-electron chi connectivity index (χ3n) is 2.03. The maximum atomic E-state index is 13.4. The standard InChI is InChI=1S/C9H6F2N2O2S/c1-12-8(14)13(16-9(12)15)7-3-2-5(10)4-6(7)11/h2-4H,1H3. The second-order valence-corrected chi connectivity index (χ2v) is 3.99. The van der Waals surface area contributed by atoms with Crippen LogP contribution in [0.15, 0.2) is 27.8 Å². The molecule has 2 aromatic rings. The average molecular weight is 244 g/mol. The summed E-state index contributed by atoms with van der Waals surface area (Å²) in [5.74, 6) is -1.62. The lowest BCUT2D eigenvalue weighted by molar-refractivity contribution is 0.578. The van der Waals surface area contributed by atoms with Gasteiger partial charge in [0.2, 0.25) is 0 Å². The van der Waals surface area contributed by atoms with Crippen molar-refractivity contribution >= 4 is 11.5 Å². The monoisotopic (exact) mass is 244 g/mol. The zero-order valence-corrected chi connectivity index (χ0v) is 8.92. The molecule has 0 saturated heterocycles. The molecule has 0 unspecified atom stereocenters. The molecule has 1 aromatic heterocycles. The minimum absolute atomic E-state index is 0.130. The number of aromatic nitrogens is 2. The summed E-state index contributed by atoms with van der Waals surface area (Å²) in [5.41, 5.74) is -0.783. The highest BCUT2D eigenvalue weighted by Crippen LogP contribution is 2.13. The second-order valence-electron chi connectivity index (χ2n) is 3.09. The first kappa shape index (κ1) is 10.7. The first-order valence-corrected chi connectivity index (χ1v) is 5.03. The van der Waals surface area contributed by atoms with E-state index in [9.17, 15) is 18.4 Å². The number of benzene rings is 1. The number of hydrogen-bond donors (Lipinski definition) is 0. The molecule has 0 spiro atoms. The lowest BCUT2D eigenvalue weighted by Gasteiger charge is -2.00. The van der Waals surface area contributed by atoms with Crippen molar-refractivity contribution in [3.05, 3.63) is 50.0 Å². The van der Waals surface area contributed by atoms with Gasteiger partial charge in [-0.2, -0.15) is 0 Å². The highest BCUT2D eigenvalue weighted by molar-refractivity contribution is 7.03. The van der Waals surface area contributed by atoms with Gasteiger partial charge in [0.1, 0.15) is 5.82 Å². The van der Waals surface area contributed by atoms with Crippen LogP contribution >= 0.6 is 11.5 Å². The van der Waals surface area contributed by atoms with Crippen molar-refractivity contribution in [3.8, 4) is 5.69 Å². The van der Waals surface area contributed by atoms with E-state index in [0.29, 0.717) is 17.6 Å². The molecule has 0 aliphatic carbocycles. The summed E-state index contributed by atoms with van der Waals surface area (Å²) in [7, 11) is 1.29. The Kier molecular flexibility index (Phi) is 2.47. The number of rotatable bonds is 1. The Bertz CT molecular complexity index is 656. The quantitative estimate of drug-likeness (QED) is 0.747. The molecule has 1 aromatic carbocycles. The van der Waals surface area contributed by atoms with Gasteiger partial charge < -0.3 is 0 Å². The molecule has 84 valence electrons. The summed E-state index contributed by atoms with van der Waals surface area (Å²) in [6.45, 7) is 0. The molecule has 16 heavy (non-hydrogen) atoms. The predicted molar refractivity (Wildman–Crippen MR) is 55.1 cm³/mol. The SMILES string of the molecule is Cn1c(=O)sn(-c2ccc(F)cc2F)c1=O. The van der Waals surface area contributed by atoms with Gasteiger partial charge in [-0.15, -0.1) is 0 Å². The molecular weight excluding hydrogens is 238 g/mol. The smallest absolute Gasteiger partial charge is 0.255 e. The largest absolute Gasteiger partial charge is 0.345 e. The summed E-state index contributed by atoms with van der Waals surface area (Å²) in [4.78, 5) is 22.2.